The third kappa shape index (κ3) is 5.29. The Balaban J connectivity index is 0.00000338. The van der Waals surface area contributed by atoms with Crippen LogP contribution >= 0.6 is 12.4 Å². The summed E-state index contributed by atoms with van der Waals surface area (Å²) in [5, 5.41) is 0. The van der Waals surface area contributed by atoms with E-state index in [-0.39, 0.29) is 42.1 Å². The summed E-state index contributed by atoms with van der Waals surface area (Å²) in [5.41, 5.74) is 5.22. The molecule has 1 fully saturated rings. The zero-order valence-corrected chi connectivity index (χ0v) is 16.8. The molecule has 9 heteroatoms. The number of sulfonamides is 1. The van der Waals surface area contributed by atoms with Crippen molar-refractivity contribution in [3.05, 3.63) is 24.0 Å². The van der Waals surface area contributed by atoms with Crippen molar-refractivity contribution in [1.29, 1.82) is 0 Å². The second-order valence-corrected chi connectivity index (χ2v) is 8.20. The number of halogens is 2. The first-order valence-electron chi connectivity index (χ1n) is 8.50. The maximum Gasteiger partial charge on any atom is 0.244 e. The number of nitrogens with two attached hydrogens (primary N) is 1. The van der Waals surface area contributed by atoms with Gasteiger partial charge in [0.15, 0.2) is 0 Å². The summed E-state index contributed by atoms with van der Waals surface area (Å²) in [4.78, 5) is -0.214. The minimum Gasteiger partial charge on any atom is -0.490 e. The molecule has 1 aromatic carbocycles. The molecule has 0 aliphatic heterocycles. The highest BCUT2D eigenvalue weighted by molar-refractivity contribution is 7.89. The fourth-order valence-electron chi connectivity index (χ4n) is 3.28. The highest BCUT2D eigenvalue weighted by Crippen LogP contribution is 2.35. The number of benzene rings is 1. The molecule has 2 atom stereocenters. The highest BCUT2D eigenvalue weighted by atomic mass is 35.5. The number of hydrogen-bond donors (Lipinski definition) is 2. The first-order valence-corrected chi connectivity index (χ1v) is 9.98. The first-order chi connectivity index (χ1) is 11.8. The lowest BCUT2D eigenvalue weighted by Gasteiger charge is -2.42. The molecule has 2 rings (SSSR count). The van der Waals surface area contributed by atoms with E-state index in [1.807, 2.05) is 6.92 Å². The minimum absolute atomic E-state index is 0. The lowest BCUT2D eigenvalue weighted by atomic mass is 9.74. The summed E-state index contributed by atoms with van der Waals surface area (Å²) in [6, 6.07) is 3.46. The van der Waals surface area contributed by atoms with Crippen molar-refractivity contribution in [3.63, 3.8) is 0 Å². The number of ether oxygens (including phenoxy) is 2. The smallest absolute Gasteiger partial charge is 0.244 e. The number of methoxy groups -OCH3 is 1. The Morgan fingerprint density at radius 1 is 1.35 bits per heavy atom. The topological polar surface area (TPSA) is 90.6 Å². The Hall–Kier alpha value is -0.930. The fraction of sp³-hybridized carbons (Fsp3) is 0.647. The third-order valence-electron chi connectivity index (χ3n) is 4.90. The van der Waals surface area contributed by atoms with Gasteiger partial charge < -0.3 is 15.2 Å². The molecule has 0 amide bonds. The summed E-state index contributed by atoms with van der Waals surface area (Å²) in [5.74, 6) is -0.438. The molecule has 0 spiro atoms. The lowest BCUT2D eigenvalue weighted by molar-refractivity contribution is 0.144. The number of hydrogen-bond acceptors (Lipinski definition) is 5. The SMILES string of the molecule is COCCOc1ccc(F)cc1S(=O)(=O)NC1(CN)CCCCC1C.Cl. The molecular formula is C17H28ClFN2O4S. The van der Waals surface area contributed by atoms with Crippen molar-refractivity contribution in [2.45, 2.75) is 43.0 Å². The molecular weight excluding hydrogens is 383 g/mol. The quantitative estimate of drug-likeness (QED) is 0.642. The Morgan fingerprint density at radius 3 is 2.69 bits per heavy atom. The molecule has 3 N–H and O–H groups in total. The van der Waals surface area contributed by atoms with Crippen molar-refractivity contribution in [2.24, 2.45) is 11.7 Å². The average Bonchev–Trinajstić information content (AvgIpc) is 2.58. The first kappa shape index (κ1) is 23.1. The van der Waals surface area contributed by atoms with Crippen LogP contribution in [0.2, 0.25) is 0 Å². The van der Waals surface area contributed by atoms with Crippen LogP contribution in [0.5, 0.6) is 5.75 Å². The predicted molar refractivity (Wildman–Crippen MR) is 101 cm³/mol. The standard InChI is InChI=1S/C17H27FN2O4S.ClH/c1-13-5-3-4-8-17(13,12-19)20-25(21,22)16-11-14(18)6-7-15(16)24-10-9-23-2;/h6-7,11,13,20H,3-5,8-10,12,19H2,1-2H3;1H. The van der Waals surface area contributed by atoms with Crippen LogP contribution < -0.4 is 15.2 Å². The molecule has 1 saturated carbocycles. The fourth-order valence-corrected chi connectivity index (χ4v) is 4.97. The van der Waals surface area contributed by atoms with E-state index in [1.165, 1.54) is 19.2 Å². The van der Waals surface area contributed by atoms with Crippen LogP contribution in [0, 0.1) is 11.7 Å². The molecule has 1 aliphatic rings. The van der Waals surface area contributed by atoms with Crippen LogP contribution in [0.3, 0.4) is 0 Å². The average molecular weight is 411 g/mol. The van der Waals surface area contributed by atoms with Crippen LogP contribution in [0.15, 0.2) is 23.1 Å². The van der Waals surface area contributed by atoms with Gasteiger partial charge in [0.2, 0.25) is 10.0 Å². The van der Waals surface area contributed by atoms with E-state index in [2.05, 4.69) is 4.72 Å². The molecule has 26 heavy (non-hydrogen) atoms. The molecule has 6 nitrogen and oxygen atoms in total. The van der Waals surface area contributed by atoms with Crippen LogP contribution in [-0.4, -0.2) is 40.8 Å². The number of nitrogens with one attached hydrogen (secondary N) is 1. The van der Waals surface area contributed by atoms with Gasteiger partial charge in [0.05, 0.1) is 6.61 Å². The van der Waals surface area contributed by atoms with Gasteiger partial charge in [0.25, 0.3) is 0 Å². The van der Waals surface area contributed by atoms with Gasteiger partial charge in [-0.25, -0.2) is 17.5 Å². The van der Waals surface area contributed by atoms with Gasteiger partial charge in [-0.2, -0.15) is 0 Å². The van der Waals surface area contributed by atoms with Crippen molar-refractivity contribution >= 4 is 22.4 Å². The lowest BCUT2D eigenvalue weighted by Crippen LogP contribution is -2.58. The van der Waals surface area contributed by atoms with Gasteiger partial charge in [-0.1, -0.05) is 19.8 Å². The Labute approximate surface area is 161 Å². The monoisotopic (exact) mass is 410 g/mol. The van der Waals surface area contributed by atoms with Gasteiger partial charge in [0, 0.05) is 19.2 Å². The van der Waals surface area contributed by atoms with E-state index >= 15 is 0 Å². The summed E-state index contributed by atoms with van der Waals surface area (Å²) in [7, 11) is -2.47. The van der Waals surface area contributed by atoms with E-state index < -0.39 is 21.4 Å². The largest absolute Gasteiger partial charge is 0.490 e. The van der Waals surface area contributed by atoms with Crippen molar-refractivity contribution < 1.29 is 22.3 Å². The Bertz CT molecular complexity index is 689. The Morgan fingerprint density at radius 2 is 2.08 bits per heavy atom. The summed E-state index contributed by atoms with van der Waals surface area (Å²) in [6.45, 7) is 2.66. The minimum atomic E-state index is -3.99. The zero-order chi connectivity index (χ0) is 18.5. The molecule has 2 unspecified atom stereocenters. The Kier molecular flexibility index (Phi) is 8.75. The van der Waals surface area contributed by atoms with E-state index in [4.69, 9.17) is 15.2 Å². The normalized spacial score (nSPS) is 23.3. The molecule has 0 bridgehead atoms. The molecule has 0 saturated heterocycles. The summed E-state index contributed by atoms with van der Waals surface area (Å²) >= 11 is 0. The maximum absolute atomic E-state index is 13.7. The maximum atomic E-state index is 13.7. The van der Waals surface area contributed by atoms with Crippen molar-refractivity contribution in [3.8, 4) is 5.75 Å². The second-order valence-electron chi connectivity index (χ2n) is 6.54. The van der Waals surface area contributed by atoms with Gasteiger partial charge in [0.1, 0.15) is 23.1 Å². The van der Waals surface area contributed by atoms with Gasteiger partial charge in [-0.3, -0.25) is 0 Å². The molecule has 150 valence electrons. The van der Waals surface area contributed by atoms with Gasteiger partial charge in [-0.15, -0.1) is 12.4 Å². The predicted octanol–water partition coefficient (Wildman–Crippen LogP) is 2.46. The van der Waals surface area contributed by atoms with Crippen LogP contribution in [0.25, 0.3) is 0 Å². The van der Waals surface area contributed by atoms with Crippen molar-refractivity contribution in [1.82, 2.24) is 4.72 Å². The van der Waals surface area contributed by atoms with Gasteiger partial charge in [-0.05, 0) is 37.0 Å². The van der Waals surface area contributed by atoms with Crippen molar-refractivity contribution in [2.75, 3.05) is 26.9 Å². The molecule has 0 heterocycles. The van der Waals surface area contributed by atoms with E-state index in [9.17, 15) is 12.8 Å². The molecule has 1 aromatic rings. The van der Waals surface area contributed by atoms with E-state index in [0.717, 1.165) is 25.3 Å². The molecule has 1 aliphatic carbocycles. The summed E-state index contributed by atoms with van der Waals surface area (Å²) in [6.07, 6.45) is 3.53. The van der Waals surface area contributed by atoms with E-state index in [0.29, 0.717) is 13.0 Å². The zero-order valence-electron chi connectivity index (χ0n) is 15.2. The third-order valence-corrected chi connectivity index (χ3v) is 6.47. The summed E-state index contributed by atoms with van der Waals surface area (Å²) < 4.78 is 52.8. The second kappa shape index (κ2) is 9.85. The highest BCUT2D eigenvalue weighted by Gasteiger charge is 2.41. The van der Waals surface area contributed by atoms with Gasteiger partial charge >= 0.3 is 0 Å². The van der Waals surface area contributed by atoms with E-state index in [1.54, 1.807) is 0 Å². The van der Waals surface area contributed by atoms with Crippen LogP contribution in [-0.2, 0) is 14.8 Å². The van der Waals surface area contributed by atoms with Crippen LogP contribution in [0.4, 0.5) is 4.39 Å². The number of rotatable bonds is 8. The van der Waals surface area contributed by atoms with Crippen LogP contribution in [0.1, 0.15) is 32.6 Å². The molecule has 0 radical (unpaired) electrons. The molecule has 0 aromatic heterocycles.